The normalized spacial score (nSPS) is 14.0. The van der Waals surface area contributed by atoms with E-state index >= 15 is 0 Å². The Morgan fingerprint density at radius 1 is 1.12 bits per heavy atom. The quantitative estimate of drug-likeness (QED) is 0.848. The van der Waals surface area contributed by atoms with Crippen LogP contribution in [0.5, 0.6) is 0 Å². The van der Waals surface area contributed by atoms with Gasteiger partial charge in [-0.05, 0) is 37.0 Å². The molecule has 0 atom stereocenters. The van der Waals surface area contributed by atoms with Crippen LogP contribution < -0.4 is 9.62 Å². The minimum absolute atomic E-state index is 0.0349. The number of hydrogen-bond donors (Lipinski definition) is 1. The average Bonchev–Trinajstić information content (AvgIpc) is 2.65. The third-order valence-electron chi connectivity index (χ3n) is 4.60. The molecule has 1 aliphatic heterocycles. The summed E-state index contributed by atoms with van der Waals surface area (Å²) < 4.78 is 26.9. The molecule has 1 heterocycles. The average molecular weight is 372 g/mol. The molecule has 1 N–H and O–H groups in total. The summed E-state index contributed by atoms with van der Waals surface area (Å²) in [6.45, 7) is 2.89. The highest BCUT2D eigenvalue weighted by atomic mass is 32.2. The van der Waals surface area contributed by atoms with Crippen LogP contribution in [0.15, 0.2) is 48.5 Å². The predicted octanol–water partition coefficient (Wildman–Crippen LogP) is 2.78. The molecule has 3 rings (SSSR count). The first kappa shape index (κ1) is 18.5. The van der Waals surface area contributed by atoms with Gasteiger partial charge in [0.05, 0.1) is 11.4 Å². The largest absolute Gasteiger partial charge is 0.352 e. The molecule has 0 radical (unpaired) electrons. The second-order valence-corrected chi connectivity index (χ2v) is 8.65. The van der Waals surface area contributed by atoms with Crippen molar-refractivity contribution in [2.24, 2.45) is 0 Å². The Balaban J connectivity index is 1.57. The summed E-state index contributed by atoms with van der Waals surface area (Å²) in [7, 11) is -3.51. The molecular weight excluding hydrogens is 348 g/mol. The van der Waals surface area contributed by atoms with E-state index in [9.17, 15) is 13.2 Å². The molecule has 0 fully saturated rings. The minimum Gasteiger partial charge on any atom is -0.352 e. The fourth-order valence-corrected chi connectivity index (χ4v) is 4.66. The maximum absolute atomic E-state index is 12.7. The van der Waals surface area contributed by atoms with Crippen LogP contribution in [-0.2, 0) is 27.8 Å². The van der Waals surface area contributed by atoms with Crippen LogP contribution in [0.4, 0.5) is 5.69 Å². The second-order valence-electron chi connectivity index (χ2n) is 6.63. The molecule has 1 amide bonds. The van der Waals surface area contributed by atoms with Crippen molar-refractivity contribution in [2.75, 3.05) is 16.6 Å². The van der Waals surface area contributed by atoms with Gasteiger partial charge in [-0.15, -0.1) is 0 Å². The van der Waals surface area contributed by atoms with Crippen molar-refractivity contribution in [3.8, 4) is 0 Å². The summed E-state index contributed by atoms with van der Waals surface area (Å²) in [5, 5.41) is 2.79. The summed E-state index contributed by atoms with van der Waals surface area (Å²) in [5.41, 5.74) is 3.95. The Labute approximate surface area is 155 Å². The van der Waals surface area contributed by atoms with Gasteiger partial charge in [0.1, 0.15) is 0 Å². The van der Waals surface area contributed by atoms with Crippen LogP contribution in [0.1, 0.15) is 29.5 Å². The van der Waals surface area contributed by atoms with E-state index in [0.29, 0.717) is 13.1 Å². The van der Waals surface area contributed by atoms with Crippen LogP contribution in [0, 0.1) is 6.92 Å². The van der Waals surface area contributed by atoms with Gasteiger partial charge >= 0.3 is 0 Å². The number of nitrogens with one attached hydrogen (secondary N) is 1. The van der Waals surface area contributed by atoms with E-state index in [1.54, 1.807) is 0 Å². The Hall–Kier alpha value is -2.34. The fraction of sp³-hybridized carbons (Fsp3) is 0.350. The van der Waals surface area contributed by atoms with Gasteiger partial charge in [0.25, 0.3) is 0 Å². The SMILES string of the molecule is Cc1ccc(CNC(=O)CCS(=O)(=O)N2CCCc3ccccc32)cc1. The molecule has 0 saturated carbocycles. The van der Waals surface area contributed by atoms with Crippen molar-refractivity contribution in [3.63, 3.8) is 0 Å². The van der Waals surface area contributed by atoms with Gasteiger partial charge in [0.2, 0.25) is 15.9 Å². The van der Waals surface area contributed by atoms with Crippen molar-refractivity contribution in [3.05, 3.63) is 65.2 Å². The third kappa shape index (κ3) is 4.43. The lowest BCUT2D eigenvalue weighted by Gasteiger charge is -2.30. The molecule has 0 saturated heterocycles. The van der Waals surface area contributed by atoms with Crippen LogP contribution in [0.25, 0.3) is 0 Å². The Morgan fingerprint density at radius 2 is 1.85 bits per heavy atom. The topological polar surface area (TPSA) is 66.5 Å². The Morgan fingerprint density at radius 3 is 2.62 bits per heavy atom. The highest BCUT2D eigenvalue weighted by Crippen LogP contribution is 2.29. The number of benzene rings is 2. The lowest BCUT2D eigenvalue weighted by molar-refractivity contribution is -0.120. The first-order valence-corrected chi connectivity index (χ1v) is 10.5. The minimum atomic E-state index is -3.51. The zero-order valence-corrected chi connectivity index (χ0v) is 15.8. The number of sulfonamides is 1. The van der Waals surface area contributed by atoms with Crippen LogP contribution in [0.2, 0.25) is 0 Å². The van der Waals surface area contributed by atoms with Crippen LogP contribution in [-0.4, -0.2) is 26.6 Å². The lowest BCUT2D eigenvalue weighted by Crippen LogP contribution is -2.38. The predicted molar refractivity (Wildman–Crippen MR) is 104 cm³/mol. The molecule has 2 aromatic rings. The van der Waals surface area contributed by atoms with E-state index in [-0.39, 0.29) is 18.1 Å². The summed E-state index contributed by atoms with van der Waals surface area (Å²) in [4.78, 5) is 12.1. The van der Waals surface area contributed by atoms with Gasteiger partial charge in [-0.25, -0.2) is 8.42 Å². The molecular formula is C20H24N2O3S. The van der Waals surface area contributed by atoms with Gasteiger partial charge < -0.3 is 5.32 Å². The van der Waals surface area contributed by atoms with Gasteiger partial charge in [0, 0.05) is 19.5 Å². The van der Waals surface area contributed by atoms with E-state index in [0.717, 1.165) is 35.2 Å². The number of carbonyl (C=O) groups excluding carboxylic acids is 1. The Kier molecular flexibility index (Phi) is 5.61. The molecule has 0 aromatic heterocycles. The van der Waals surface area contributed by atoms with Gasteiger partial charge in [-0.1, -0.05) is 48.0 Å². The van der Waals surface area contributed by atoms with E-state index in [1.807, 2.05) is 55.5 Å². The van der Waals surface area contributed by atoms with Gasteiger partial charge in [-0.3, -0.25) is 9.10 Å². The van der Waals surface area contributed by atoms with Crippen molar-refractivity contribution in [1.82, 2.24) is 5.32 Å². The lowest BCUT2D eigenvalue weighted by atomic mass is 10.0. The molecule has 1 aliphatic rings. The first-order valence-electron chi connectivity index (χ1n) is 8.86. The van der Waals surface area contributed by atoms with E-state index in [4.69, 9.17) is 0 Å². The molecule has 2 aromatic carbocycles. The molecule has 26 heavy (non-hydrogen) atoms. The molecule has 6 heteroatoms. The van der Waals surface area contributed by atoms with Crippen molar-refractivity contribution in [1.29, 1.82) is 0 Å². The molecule has 0 aliphatic carbocycles. The van der Waals surface area contributed by atoms with Crippen molar-refractivity contribution < 1.29 is 13.2 Å². The number of fused-ring (bicyclic) bond motifs is 1. The monoisotopic (exact) mass is 372 g/mol. The molecule has 5 nitrogen and oxygen atoms in total. The number of rotatable bonds is 6. The number of aryl methyl sites for hydroxylation is 2. The maximum atomic E-state index is 12.7. The highest BCUT2D eigenvalue weighted by Gasteiger charge is 2.27. The van der Waals surface area contributed by atoms with Crippen LogP contribution >= 0.6 is 0 Å². The summed E-state index contributed by atoms with van der Waals surface area (Å²) >= 11 is 0. The van der Waals surface area contributed by atoms with Gasteiger partial charge in [0.15, 0.2) is 0 Å². The second kappa shape index (κ2) is 7.91. The van der Waals surface area contributed by atoms with Crippen molar-refractivity contribution >= 4 is 21.6 Å². The standard InChI is InChI=1S/C20H24N2O3S/c1-16-8-10-17(11-9-16)15-21-20(23)12-14-26(24,25)22-13-4-6-18-5-2-3-7-19(18)22/h2-3,5,7-11H,4,6,12-15H2,1H3,(H,21,23). The maximum Gasteiger partial charge on any atom is 0.235 e. The smallest absolute Gasteiger partial charge is 0.235 e. The summed E-state index contributed by atoms with van der Waals surface area (Å²) in [6, 6.07) is 15.5. The zero-order valence-electron chi connectivity index (χ0n) is 14.9. The van der Waals surface area contributed by atoms with E-state index < -0.39 is 10.0 Å². The fourth-order valence-electron chi connectivity index (χ4n) is 3.11. The molecule has 0 bridgehead atoms. The number of anilines is 1. The molecule has 138 valence electrons. The number of carbonyl (C=O) groups is 1. The molecule has 0 unspecified atom stereocenters. The van der Waals surface area contributed by atoms with E-state index in [2.05, 4.69) is 5.32 Å². The van der Waals surface area contributed by atoms with Crippen LogP contribution in [0.3, 0.4) is 0 Å². The molecule has 0 spiro atoms. The number of hydrogen-bond acceptors (Lipinski definition) is 3. The zero-order chi connectivity index (χ0) is 18.6. The number of nitrogens with zero attached hydrogens (tertiary/aromatic N) is 1. The third-order valence-corrected chi connectivity index (χ3v) is 6.37. The highest BCUT2D eigenvalue weighted by molar-refractivity contribution is 7.92. The van der Waals surface area contributed by atoms with Gasteiger partial charge in [-0.2, -0.15) is 0 Å². The van der Waals surface area contributed by atoms with Crippen molar-refractivity contribution in [2.45, 2.75) is 32.7 Å². The first-order chi connectivity index (χ1) is 12.5. The Bertz CT molecular complexity index is 876. The summed E-state index contributed by atoms with van der Waals surface area (Å²) in [5.74, 6) is -0.430. The number of amides is 1. The van der Waals surface area contributed by atoms with E-state index in [1.165, 1.54) is 4.31 Å². The summed E-state index contributed by atoms with van der Waals surface area (Å²) in [6.07, 6.45) is 1.65. The number of para-hydroxylation sites is 1.